The third kappa shape index (κ3) is 3.68. The molecule has 3 atom stereocenters. The van der Waals surface area contributed by atoms with Gasteiger partial charge in [0.2, 0.25) is 0 Å². The van der Waals surface area contributed by atoms with Crippen LogP contribution >= 0.6 is 0 Å². The summed E-state index contributed by atoms with van der Waals surface area (Å²) in [5, 5.41) is -3.67. The predicted molar refractivity (Wildman–Crippen MR) is 102 cm³/mol. The van der Waals surface area contributed by atoms with E-state index in [0.717, 1.165) is 23.6 Å². The molecule has 0 radical (unpaired) electrons. The number of hydrogen-bond donors (Lipinski definition) is 1. The Kier molecular flexibility index (Phi) is 5.41. The fraction of sp³-hybridized carbons (Fsp3) is 0.650. The van der Waals surface area contributed by atoms with E-state index >= 15 is 8.78 Å². The number of benzene rings is 1. The van der Waals surface area contributed by atoms with Gasteiger partial charge in [-0.05, 0) is 68.9 Å². The number of hydrogen-bond acceptors (Lipinski definition) is 4. The van der Waals surface area contributed by atoms with Crippen molar-refractivity contribution >= 4 is 15.9 Å². The van der Waals surface area contributed by atoms with Gasteiger partial charge in [-0.1, -0.05) is 18.2 Å². The van der Waals surface area contributed by atoms with Gasteiger partial charge in [-0.2, -0.15) is 8.70 Å². The smallest absolute Gasteiger partial charge is 0.267 e. The van der Waals surface area contributed by atoms with Gasteiger partial charge in [0.25, 0.3) is 15.9 Å². The molecule has 1 N–H and O–H groups in total. The van der Waals surface area contributed by atoms with Crippen molar-refractivity contribution in [3.63, 3.8) is 0 Å². The average molecular weight is 429 g/mol. The second kappa shape index (κ2) is 7.59. The first-order chi connectivity index (χ1) is 13.8. The molecule has 3 aliphatic rings. The van der Waals surface area contributed by atoms with Gasteiger partial charge in [0.15, 0.2) is 5.67 Å². The van der Waals surface area contributed by atoms with Crippen molar-refractivity contribution in [1.82, 2.24) is 9.79 Å². The number of amides is 1. The summed E-state index contributed by atoms with van der Waals surface area (Å²) in [5.41, 5.74) is -0.698. The zero-order valence-electron chi connectivity index (χ0n) is 16.1. The highest BCUT2D eigenvalue weighted by atomic mass is 32.2. The number of sulfonamides is 1. The molecular weight excluding hydrogens is 402 g/mol. The van der Waals surface area contributed by atoms with E-state index in [0.29, 0.717) is 18.8 Å². The van der Waals surface area contributed by atoms with E-state index in [4.69, 9.17) is 4.84 Å². The fourth-order valence-electron chi connectivity index (χ4n) is 4.33. The van der Waals surface area contributed by atoms with Crippen molar-refractivity contribution in [1.29, 1.82) is 0 Å². The molecule has 2 aliphatic carbocycles. The minimum atomic E-state index is -4.77. The Morgan fingerprint density at radius 3 is 2.41 bits per heavy atom. The third-order valence-electron chi connectivity index (χ3n) is 6.36. The van der Waals surface area contributed by atoms with E-state index in [-0.39, 0.29) is 37.4 Å². The van der Waals surface area contributed by atoms with Gasteiger partial charge >= 0.3 is 5.19 Å². The number of carbonyl (C=O) groups excluding carboxylic acids is 1. The number of nitrogens with one attached hydrogen (secondary N) is 1. The maximum atomic E-state index is 16.2. The first-order valence-electron chi connectivity index (χ1n) is 10.2. The second-order valence-corrected chi connectivity index (χ2v) is 10.3. The summed E-state index contributed by atoms with van der Waals surface area (Å²) in [4.78, 5) is 17.2. The van der Waals surface area contributed by atoms with Crippen LogP contribution in [0.15, 0.2) is 30.3 Å². The van der Waals surface area contributed by atoms with E-state index in [9.17, 15) is 13.2 Å². The lowest BCUT2D eigenvalue weighted by Gasteiger charge is -2.45. The molecule has 29 heavy (non-hydrogen) atoms. The van der Waals surface area contributed by atoms with Crippen LogP contribution in [-0.2, 0) is 14.9 Å². The number of hydroxylamine groups is 1. The zero-order chi connectivity index (χ0) is 20.7. The quantitative estimate of drug-likeness (QED) is 0.676. The molecule has 2 saturated carbocycles. The predicted octanol–water partition coefficient (Wildman–Crippen LogP) is 3.32. The molecule has 4 rings (SSSR count). The molecule has 9 heteroatoms. The van der Waals surface area contributed by atoms with E-state index < -0.39 is 26.8 Å². The third-order valence-corrected chi connectivity index (χ3v) is 8.51. The normalized spacial score (nSPS) is 30.2. The fourth-order valence-corrected chi connectivity index (χ4v) is 6.20. The van der Waals surface area contributed by atoms with E-state index in [2.05, 4.69) is 0 Å². The summed E-state index contributed by atoms with van der Waals surface area (Å²) in [6, 6.07) is 7.84. The lowest BCUT2D eigenvalue weighted by molar-refractivity contribution is -0.213. The molecule has 0 spiro atoms. The lowest BCUT2D eigenvalue weighted by Crippen LogP contribution is -2.64. The van der Waals surface area contributed by atoms with E-state index in [1.165, 1.54) is 12.1 Å². The Hall–Kier alpha value is -1.58. The van der Waals surface area contributed by atoms with Crippen LogP contribution in [0, 0.1) is 11.8 Å². The highest BCUT2D eigenvalue weighted by Crippen LogP contribution is 2.54. The SMILES string of the molecule is O=C(NOC(F)(C1(F)CCCC(C2CC2)C1)S(=O)(=O)N1CCC1)c1ccccc1. The number of carbonyl (C=O) groups is 1. The number of alkyl halides is 2. The minimum Gasteiger partial charge on any atom is -0.267 e. The van der Waals surface area contributed by atoms with Crippen molar-refractivity contribution in [2.75, 3.05) is 13.1 Å². The Balaban J connectivity index is 1.61. The summed E-state index contributed by atoms with van der Waals surface area (Å²) < 4.78 is 59.2. The summed E-state index contributed by atoms with van der Waals surface area (Å²) in [6.45, 7) is 0.234. The Bertz CT molecular complexity index is 860. The molecular formula is C20H26F2N2O4S. The molecule has 6 nitrogen and oxygen atoms in total. The van der Waals surface area contributed by atoms with Gasteiger partial charge in [0.1, 0.15) is 0 Å². The van der Waals surface area contributed by atoms with Gasteiger partial charge in [-0.25, -0.2) is 23.1 Å². The molecule has 0 bridgehead atoms. The summed E-state index contributed by atoms with van der Waals surface area (Å²) >= 11 is 0. The topological polar surface area (TPSA) is 75.7 Å². The molecule has 1 aromatic carbocycles. The van der Waals surface area contributed by atoms with Gasteiger partial charge in [0.05, 0.1) is 0 Å². The average Bonchev–Trinajstić information content (AvgIpc) is 3.50. The van der Waals surface area contributed by atoms with Crippen LogP contribution in [0.1, 0.15) is 55.3 Å². The molecule has 1 amide bonds. The zero-order valence-corrected chi connectivity index (χ0v) is 17.0. The van der Waals surface area contributed by atoms with Gasteiger partial charge in [-0.3, -0.25) is 4.79 Å². The summed E-state index contributed by atoms with van der Waals surface area (Å²) in [7, 11) is -4.77. The van der Waals surface area contributed by atoms with Crippen molar-refractivity contribution < 1.29 is 26.8 Å². The molecule has 0 aromatic heterocycles. The molecule has 1 saturated heterocycles. The minimum absolute atomic E-state index is 0.0658. The van der Waals surface area contributed by atoms with Crippen LogP contribution in [0.5, 0.6) is 0 Å². The largest absolute Gasteiger partial charge is 0.378 e. The molecule has 1 aromatic rings. The first kappa shape index (κ1) is 20.7. The maximum absolute atomic E-state index is 16.2. The Labute approximate surface area is 169 Å². The Morgan fingerprint density at radius 2 is 1.83 bits per heavy atom. The number of nitrogens with zero attached hydrogens (tertiary/aromatic N) is 1. The van der Waals surface area contributed by atoms with Crippen LogP contribution < -0.4 is 5.48 Å². The van der Waals surface area contributed by atoms with Crippen LogP contribution in [0.2, 0.25) is 0 Å². The lowest BCUT2D eigenvalue weighted by atomic mass is 9.77. The highest BCUT2D eigenvalue weighted by Gasteiger charge is 2.68. The highest BCUT2D eigenvalue weighted by molar-refractivity contribution is 7.90. The monoisotopic (exact) mass is 428 g/mol. The molecule has 3 fully saturated rings. The van der Waals surface area contributed by atoms with Crippen LogP contribution in [0.4, 0.5) is 8.78 Å². The van der Waals surface area contributed by atoms with Crippen molar-refractivity contribution in [3.8, 4) is 0 Å². The van der Waals surface area contributed by atoms with E-state index in [1.807, 2.05) is 5.48 Å². The van der Waals surface area contributed by atoms with Gasteiger partial charge < -0.3 is 0 Å². The van der Waals surface area contributed by atoms with Crippen LogP contribution in [0.25, 0.3) is 0 Å². The number of rotatable bonds is 7. The van der Waals surface area contributed by atoms with Gasteiger partial charge in [0, 0.05) is 18.7 Å². The van der Waals surface area contributed by atoms with Crippen LogP contribution in [-0.4, -0.2) is 42.6 Å². The second-order valence-electron chi connectivity index (χ2n) is 8.35. The van der Waals surface area contributed by atoms with Crippen molar-refractivity contribution in [2.24, 2.45) is 11.8 Å². The maximum Gasteiger partial charge on any atom is 0.378 e. The van der Waals surface area contributed by atoms with Crippen LogP contribution in [0.3, 0.4) is 0 Å². The first-order valence-corrected chi connectivity index (χ1v) is 11.6. The van der Waals surface area contributed by atoms with Gasteiger partial charge in [-0.15, -0.1) is 0 Å². The standard InChI is InChI=1S/C20H26F2N2O4S/c21-19(11-4-8-17(14-19)15-9-10-15)20(22,29(26,27)24-12-5-13-24)28-23-18(25)16-6-2-1-3-7-16/h1-3,6-7,15,17H,4-5,8-14H2,(H,23,25). The van der Waals surface area contributed by atoms with Crippen molar-refractivity contribution in [2.45, 2.75) is 55.8 Å². The molecule has 3 unspecified atom stereocenters. The Morgan fingerprint density at radius 1 is 1.14 bits per heavy atom. The molecule has 1 aliphatic heterocycles. The summed E-state index contributed by atoms with van der Waals surface area (Å²) in [6.07, 6.45) is 3.16. The molecule has 160 valence electrons. The summed E-state index contributed by atoms with van der Waals surface area (Å²) in [5.74, 6) is -0.575. The molecule has 1 heterocycles. The van der Waals surface area contributed by atoms with E-state index in [1.54, 1.807) is 18.2 Å². The van der Waals surface area contributed by atoms with Crippen molar-refractivity contribution in [3.05, 3.63) is 35.9 Å². The number of halogens is 2.